The summed E-state index contributed by atoms with van der Waals surface area (Å²) in [6.45, 7) is 1.91. The molecule has 0 aliphatic carbocycles. The fourth-order valence-electron chi connectivity index (χ4n) is 5.20. The maximum Gasteiger partial charge on any atom is 0.338 e. The number of hydrogen-bond donors (Lipinski definition) is 0. The van der Waals surface area contributed by atoms with E-state index in [0.29, 0.717) is 28.2 Å². The minimum Gasteiger partial charge on any atom is -0.493 e. The fourth-order valence-corrected chi connectivity index (χ4v) is 5.20. The van der Waals surface area contributed by atoms with Gasteiger partial charge in [0.05, 0.1) is 46.2 Å². The average Bonchev–Trinajstić information content (AvgIpc) is 3.38. The molecule has 0 fully saturated rings. The second-order valence-corrected chi connectivity index (χ2v) is 8.27. The summed E-state index contributed by atoms with van der Waals surface area (Å²) in [5, 5.41) is 0. The van der Waals surface area contributed by atoms with Gasteiger partial charge in [0.2, 0.25) is 0 Å². The Morgan fingerprint density at radius 1 is 0.833 bits per heavy atom. The van der Waals surface area contributed by atoms with E-state index in [1.807, 2.05) is 6.07 Å². The summed E-state index contributed by atoms with van der Waals surface area (Å²) in [5.41, 5.74) is -1.35. The number of hydrogen-bond acceptors (Lipinski definition) is 9. The highest BCUT2D eigenvalue weighted by Crippen LogP contribution is 2.66. The Labute approximate surface area is 208 Å². The molecule has 2 atom stereocenters. The quantitative estimate of drug-likeness (QED) is 0.382. The first-order valence-corrected chi connectivity index (χ1v) is 11.4. The maximum atomic E-state index is 13.4. The first kappa shape index (κ1) is 25.2. The van der Waals surface area contributed by atoms with Gasteiger partial charge in [-0.25, -0.2) is 9.59 Å². The standard InChI is InChI=1S/C27H28O9/c1-6-35-21(28)12-13-26-17-14-19(31-2)20(32-3)15-18(17)27(36-26,16-10-8-7-9-11-16)23(25(30)34-5)22(26)24(29)33-4/h7-11,14-15H,6,12-13H2,1-5H3. The van der Waals surface area contributed by atoms with Crippen molar-refractivity contribution in [3.05, 3.63) is 70.3 Å². The number of carbonyl (C=O) groups excluding carboxylic acids is 3. The summed E-state index contributed by atoms with van der Waals surface area (Å²) >= 11 is 0. The van der Waals surface area contributed by atoms with Gasteiger partial charge in [0.25, 0.3) is 0 Å². The van der Waals surface area contributed by atoms with Gasteiger partial charge in [-0.05, 0) is 36.6 Å². The lowest BCUT2D eigenvalue weighted by atomic mass is 9.68. The summed E-state index contributed by atoms with van der Waals surface area (Å²) in [5.74, 6) is -1.18. The van der Waals surface area contributed by atoms with E-state index < -0.39 is 29.1 Å². The molecule has 9 nitrogen and oxygen atoms in total. The molecular formula is C27H28O9. The SMILES string of the molecule is CCOC(=O)CCC12OC(c3ccccc3)(C(C(=O)OC)=C1C(=O)OC)c1cc(OC)c(OC)cc12. The van der Waals surface area contributed by atoms with E-state index in [2.05, 4.69) is 0 Å². The van der Waals surface area contributed by atoms with E-state index in [1.165, 1.54) is 28.4 Å². The van der Waals surface area contributed by atoms with Crippen LogP contribution in [0.3, 0.4) is 0 Å². The summed E-state index contributed by atoms with van der Waals surface area (Å²) < 4.78 is 33.3. The van der Waals surface area contributed by atoms with E-state index in [1.54, 1.807) is 43.3 Å². The van der Waals surface area contributed by atoms with E-state index in [9.17, 15) is 14.4 Å². The van der Waals surface area contributed by atoms with Crippen molar-refractivity contribution in [3.8, 4) is 11.5 Å². The van der Waals surface area contributed by atoms with Gasteiger partial charge in [-0.2, -0.15) is 0 Å². The molecule has 2 aliphatic rings. The van der Waals surface area contributed by atoms with Gasteiger partial charge in [-0.15, -0.1) is 0 Å². The monoisotopic (exact) mass is 496 g/mol. The molecule has 0 N–H and O–H groups in total. The zero-order valence-electron chi connectivity index (χ0n) is 20.8. The molecule has 9 heteroatoms. The summed E-state index contributed by atoms with van der Waals surface area (Å²) in [7, 11) is 5.45. The number of benzene rings is 2. The molecule has 4 rings (SSSR count). The lowest BCUT2D eigenvalue weighted by Gasteiger charge is -2.31. The largest absolute Gasteiger partial charge is 0.493 e. The van der Waals surface area contributed by atoms with Crippen molar-refractivity contribution >= 4 is 17.9 Å². The number of methoxy groups -OCH3 is 4. The highest BCUT2D eigenvalue weighted by molar-refractivity contribution is 6.07. The number of ether oxygens (including phenoxy) is 6. The van der Waals surface area contributed by atoms with Gasteiger partial charge in [-0.3, -0.25) is 4.79 Å². The third-order valence-corrected chi connectivity index (χ3v) is 6.62. The Balaban J connectivity index is 2.11. The normalized spacial score (nSPS) is 21.6. The molecule has 0 amide bonds. The van der Waals surface area contributed by atoms with Crippen molar-refractivity contribution in [2.24, 2.45) is 0 Å². The molecular weight excluding hydrogens is 468 g/mol. The Kier molecular flexibility index (Phi) is 6.77. The van der Waals surface area contributed by atoms with Gasteiger partial charge in [0.1, 0.15) is 5.60 Å². The lowest BCUT2D eigenvalue weighted by Crippen LogP contribution is -2.35. The van der Waals surface area contributed by atoms with Crippen LogP contribution < -0.4 is 9.47 Å². The van der Waals surface area contributed by atoms with Crippen LogP contribution in [0.15, 0.2) is 53.6 Å². The molecule has 0 aromatic heterocycles. The first-order valence-electron chi connectivity index (χ1n) is 11.4. The zero-order chi connectivity index (χ0) is 26.1. The molecule has 0 saturated heterocycles. The smallest absolute Gasteiger partial charge is 0.338 e. The average molecular weight is 497 g/mol. The van der Waals surface area contributed by atoms with Gasteiger partial charge < -0.3 is 28.4 Å². The van der Waals surface area contributed by atoms with Crippen LogP contribution in [0.1, 0.15) is 36.5 Å². The molecule has 2 aliphatic heterocycles. The predicted molar refractivity (Wildman–Crippen MR) is 126 cm³/mol. The van der Waals surface area contributed by atoms with Gasteiger partial charge in [-0.1, -0.05) is 30.3 Å². The van der Waals surface area contributed by atoms with Crippen LogP contribution in [0.25, 0.3) is 0 Å². The second kappa shape index (κ2) is 9.66. The summed E-state index contributed by atoms with van der Waals surface area (Å²) in [6, 6.07) is 12.5. The van der Waals surface area contributed by atoms with Crippen LogP contribution in [0.2, 0.25) is 0 Å². The molecule has 0 saturated carbocycles. The molecule has 2 aromatic carbocycles. The van der Waals surface area contributed by atoms with Gasteiger partial charge >= 0.3 is 17.9 Å². The van der Waals surface area contributed by atoms with E-state index in [4.69, 9.17) is 28.4 Å². The molecule has 0 radical (unpaired) electrons. The molecule has 2 bridgehead atoms. The predicted octanol–water partition coefficient (Wildman–Crippen LogP) is 3.17. The molecule has 36 heavy (non-hydrogen) atoms. The van der Waals surface area contributed by atoms with Crippen LogP contribution in [0.4, 0.5) is 0 Å². The summed E-state index contributed by atoms with van der Waals surface area (Å²) in [4.78, 5) is 39.1. The Morgan fingerprint density at radius 2 is 1.42 bits per heavy atom. The highest BCUT2D eigenvalue weighted by Gasteiger charge is 2.68. The number of carbonyl (C=O) groups is 3. The van der Waals surface area contributed by atoms with Crippen molar-refractivity contribution < 1.29 is 42.8 Å². The van der Waals surface area contributed by atoms with Crippen LogP contribution in [-0.2, 0) is 44.5 Å². The highest BCUT2D eigenvalue weighted by atomic mass is 16.6. The van der Waals surface area contributed by atoms with E-state index in [0.717, 1.165) is 0 Å². The topological polar surface area (TPSA) is 107 Å². The Morgan fingerprint density at radius 3 is 1.97 bits per heavy atom. The van der Waals surface area contributed by atoms with Gasteiger partial charge in [0.15, 0.2) is 17.1 Å². The Hall–Kier alpha value is -3.85. The maximum absolute atomic E-state index is 13.4. The first-order chi connectivity index (χ1) is 17.3. The number of rotatable bonds is 9. The minimum atomic E-state index is -1.53. The molecule has 2 heterocycles. The van der Waals surface area contributed by atoms with E-state index in [-0.39, 0.29) is 30.6 Å². The van der Waals surface area contributed by atoms with Gasteiger partial charge in [0, 0.05) is 12.0 Å². The zero-order valence-corrected chi connectivity index (χ0v) is 20.8. The van der Waals surface area contributed by atoms with Crippen molar-refractivity contribution in [1.29, 1.82) is 0 Å². The van der Waals surface area contributed by atoms with Crippen LogP contribution in [-0.4, -0.2) is 53.0 Å². The van der Waals surface area contributed by atoms with Crippen LogP contribution >= 0.6 is 0 Å². The van der Waals surface area contributed by atoms with Crippen LogP contribution in [0.5, 0.6) is 11.5 Å². The van der Waals surface area contributed by atoms with Crippen molar-refractivity contribution in [2.75, 3.05) is 35.0 Å². The van der Waals surface area contributed by atoms with Crippen molar-refractivity contribution in [1.82, 2.24) is 0 Å². The Bertz CT molecular complexity index is 1230. The number of esters is 3. The fraction of sp³-hybridized carbons (Fsp3) is 0.370. The van der Waals surface area contributed by atoms with Crippen molar-refractivity contribution in [2.45, 2.75) is 31.0 Å². The number of fused-ring (bicyclic) bond motifs is 5. The van der Waals surface area contributed by atoms with Crippen LogP contribution in [0, 0.1) is 0 Å². The molecule has 190 valence electrons. The third kappa shape index (κ3) is 3.53. The molecule has 0 spiro atoms. The van der Waals surface area contributed by atoms with Crippen molar-refractivity contribution in [3.63, 3.8) is 0 Å². The third-order valence-electron chi connectivity index (χ3n) is 6.62. The second-order valence-electron chi connectivity index (χ2n) is 8.27. The van der Waals surface area contributed by atoms with E-state index >= 15 is 0 Å². The molecule has 2 unspecified atom stereocenters. The summed E-state index contributed by atoms with van der Waals surface area (Å²) in [6.07, 6.45) is -0.0741. The molecule has 2 aromatic rings. The minimum absolute atomic E-state index is 0.00775. The lowest BCUT2D eigenvalue weighted by molar-refractivity contribution is -0.148.